The Morgan fingerprint density at radius 2 is 1.90 bits per heavy atom. The van der Waals surface area contributed by atoms with E-state index in [1.807, 2.05) is 25.1 Å². The monoisotopic (exact) mass is 325 g/mol. The summed E-state index contributed by atoms with van der Waals surface area (Å²) in [6, 6.07) is 11.8. The predicted octanol–water partition coefficient (Wildman–Crippen LogP) is 2.74. The van der Waals surface area contributed by atoms with E-state index in [2.05, 4.69) is 5.32 Å². The van der Waals surface area contributed by atoms with Gasteiger partial charge in [-0.25, -0.2) is 13.6 Å². The fourth-order valence-electron chi connectivity index (χ4n) is 1.98. The number of halogens is 1. The average Bonchev–Trinajstić information content (AvgIpc) is 2.37. The van der Waals surface area contributed by atoms with Crippen LogP contribution in [-0.2, 0) is 10.0 Å². The highest BCUT2D eigenvalue weighted by Gasteiger charge is 2.12. The normalized spacial score (nSPS) is 12.9. The van der Waals surface area contributed by atoms with Crippen LogP contribution < -0.4 is 16.2 Å². The highest BCUT2D eigenvalue weighted by atomic mass is 35.5. The Kier molecular flexibility index (Phi) is 4.41. The Labute approximate surface area is 129 Å². The molecule has 0 amide bonds. The maximum Gasteiger partial charge on any atom is 0.238 e. The molecule has 5 N–H and O–H groups in total. The molecule has 112 valence electrons. The molecule has 0 bridgehead atoms. The van der Waals surface area contributed by atoms with Crippen LogP contribution in [0.25, 0.3) is 0 Å². The molecule has 0 aliphatic carbocycles. The van der Waals surface area contributed by atoms with Gasteiger partial charge in [0.15, 0.2) is 0 Å². The number of nitrogens with one attached hydrogen (secondary N) is 1. The standard InChI is InChI=1S/C14H16ClN3O2S/c1-9(10-3-2-4-11(15)5-10)18-13-6-12(16)7-14(8-13)21(17,19)20/h2-9,18H,16H2,1H3,(H2,17,19,20). The van der Waals surface area contributed by atoms with Crippen LogP contribution in [0, 0.1) is 0 Å². The van der Waals surface area contributed by atoms with Gasteiger partial charge in [0.2, 0.25) is 10.0 Å². The first kappa shape index (κ1) is 15.6. The van der Waals surface area contributed by atoms with Crippen molar-refractivity contribution in [3.05, 3.63) is 53.1 Å². The van der Waals surface area contributed by atoms with Gasteiger partial charge < -0.3 is 11.1 Å². The molecule has 0 saturated carbocycles. The molecular formula is C14H16ClN3O2S. The van der Waals surface area contributed by atoms with Crippen molar-refractivity contribution < 1.29 is 8.42 Å². The Morgan fingerprint density at radius 3 is 2.52 bits per heavy atom. The molecule has 0 saturated heterocycles. The van der Waals surface area contributed by atoms with Crippen molar-refractivity contribution in [3.63, 3.8) is 0 Å². The van der Waals surface area contributed by atoms with Crippen molar-refractivity contribution in [1.29, 1.82) is 0 Å². The number of benzene rings is 2. The van der Waals surface area contributed by atoms with Crippen LogP contribution in [-0.4, -0.2) is 8.42 Å². The van der Waals surface area contributed by atoms with Crippen LogP contribution >= 0.6 is 11.6 Å². The molecule has 0 radical (unpaired) electrons. The van der Waals surface area contributed by atoms with Gasteiger partial charge in [0, 0.05) is 22.4 Å². The molecule has 0 aliphatic rings. The number of hydrogen-bond donors (Lipinski definition) is 3. The molecule has 0 aliphatic heterocycles. The molecular weight excluding hydrogens is 310 g/mol. The van der Waals surface area contributed by atoms with Crippen molar-refractivity contribution in [2.24, 2.45) is 5.14 Å². The zero-order chi connectivity index (χ0) is 15.6. The molecule has 2 aromatic carbocycles. The minimum Gasteiger partial charge on any atom is -0.399 e. The summed E-state index contributed by atoms with van der Waals surface area (Å²) in [6.45, 7) is 1.94. The van der Waals surface area contributed by atoms with E-state index < -0.39 is 10.0 Å². The molecule has 7 heteroatoms. The Hall–Kier alpha value is -1.76. The van der Waals surface area contributed by atoms with Gasteiger partial charge in [-0.05, 0) is 42.8 Å². The minimum atomic E-state index is -3.80. The maximum absolute atomic E-state index is 11.4. The molecule has 5 nitrogen and oxygen atoms in total. The van der Waals surface area contributed by atoms with Crippen LogP contribution in [0.4, 0.5) is 11.4 Å². The molecule has 21 heavy (non-hydrogen) atoms. The third-order valence-corrected chi connectivity index (χ3v) is 4.12. The highest BCUT2D eigenvalue weighted by Crippen LogP contribution is 2.25. The van der Waals surface area contributed by atoms with Crippen LogP contribution in [0.15, 0.2) is 47.4 Å². The number of rotatable bonds is 4. The number of sulfonamides is 1. The van der Waals surface area contributed by atoms with E-state index in [4.69, 9.17) is 22.5 Å². The summed E-state index contributed by atoms with van der Waals surface area (Å²) < 4.78 is 22.8. The van der Waals surface area contributed by atoms with Gasteiger partial charge in [-0.2, -0.15) is 0 Å². The number of nitrogen functional groups attached to an aromatic ring is 1. The molecule has 0 fully saturated rings. The molecule has 0 spiro atoms. The van der Waals surface area contributed by atoms with Crippen molar-refractivity contribution in [2.45, 2.75) is 17.9 Å². The number of nitrogens with two attached hydrogens (primary N) is 2. The summed E-state index contributed by atoms with van der Waals surface area (Å²) >= 11 is 5.96. The first-order valence-corrected chi connectivity index (χ1v) is 8.13. The summed E-state index contributed by atoms with van der Waals surface area (Å²) in [5.74, 6) is 0. The second-order valence-electron chi connectivity index (χ2n) is 4.76. The third kappa shape index (κ3) is 4.10. The Morgan fingerprint density at radius 1 is 1.19 bits per heavy atom. The van der Waals surface area contributed by atoms with Crippen molar-refractivity contribution in [2.75, 3.05) is 11.1 Å². The fourth-order valence-corrected chi connectivity index (χ4v) is 2.77. The molecule has 0 aromatic heterocycles. The van der Waals surface area contributed by atoms with Crippen molar-refractivity contribution in [3.8, 4) is 0 Å². The van der Waals surface area contributed by atoms with E-state index in [0.717, 1.165) is 5.56 Å². The Balaban J connectivity index is 2.29. The largest absolute Gasteiger partial charge is 0.399 e. The third-order valence-electron chi connectivity index (χ3n) is 2.99. The van der Waals surface area contributed by atoms with Crippen LogP contribution in [0.3, 0.4) is 0 Å². The van der Waals surface area contributed by atoms with Gasteiger partial charge in [-0.1, -0.05) is 23.7 Å². The molecule has 1 atom stereocenters. The lowest BCUT2D eigenvalue weighted by Crippen LogP contribution is -2.14. The van der Waals surface area contributed by atoms with Gasteiger partial charge in [0.05, 0.1) is 4.90 Å². The summed E-state index contributed by atoms with van der Waals surface area (Å²) in [6.07, 6.45) is 0. The predicted molar refractivity (Wildman–Crippen MR) is 85.7 cm³/mol. The van der Waals surface area contributed by atoms with E-state index in [9.17, 15) is 8.42 Å². The molecule has 0 heterocycles. The van der Waals surface area contributed by atoms with Gasteiger partial charge in [0.1, 0.15) is 0 Å². The number of primary sulfonamides is 1. The maximum atomic E-state index is 11.4. The van der Waals surface area contributed by atoms with Gasteiger partial charge >= 0.3 is 0 Å². The summed E-state index contributed by atoms with van der Waals surface area (Å²) in [5, 5.41) is 8.95. The van der Waals surface area contributed by atoms with E-state index in [-0.39, 0.29) is 10.9 Å². The van der Waals surface area contributed by atoms with E-state index in [0.29, 0.717) is 16.4 Å². The summed E-state index contributed by atoms with van der Waals surface area (Å²) in [7, 11) is -3.80. The quantitative estimate of drug-likeness (QED) is 0.753. The van der Waals surface area contributed by atoms with E-state index in [1.54, 1.807) is 12.1 Å². The lowest BCUT2D eigenvalue weighted by atomic mass is 10.1. The SMILES string of the molecule is CC(Nc1cc(N)cc(S(N)(=O)=O)c1)c1cccc(Cl)c1. The molecule has 2 aromatic rings. The van der Waals surface area contributed by atoms with Crippen LogP contribution in [0.5, 0.6) is 0 Å². The number of anilines is 2. The smallest absolute Gasteiger partial charge is 0.238 e. The second-order valence-corrected chi connectivity index (χ2v) is 6.75. The fraction of sp³-hybridized carbons (Fsp3) is 0.143. The molecule has 1 unspecified atom stereocenters. The lowest BCUT2D eigenvalue weighted by molar-refractivity contribution is 0.598. The van der Waals surface area contributed by atoms with Crippen molar-refractivity contribution in [1.82, 2.24) is 0 Å². The van der Waals surface area contributed by atoms with Gasteiger partial charge in [-0.15, -0.1) is 0 Å². The van der Waals surface area contributed by atoms with Gasteiger partial charge in [0.25, 0.3) is 0 Å². The average molecular weight is 326 g/mol. The Bertz CT molecular complexity index is 763. The zero-order valence-electron chi connectivity index (χ0n) is 11.4. The molecule has 2 rings (SSSR count). The highest BCUT2D eigenvalue weighted by molar-refractivity contribution is 7.89. The minimum absolute atomic E-state index is 0.0247. The second kappa shape index (κ2) is 5.93. The summed E-state index contributed by atoms with van der Waals surface area (Å²) in [5.41, 5.74) is 7.58. The lowest BCUT2D eigenvalue weighted by Gasteiger charge is -2.17. The first-order chi connectivity index (χ1) is 9.75. The van der Waals surface area contributed by atoms with E-state index >= 15 is 0 Å². The zero-order valence-corrected chi connectivity index (χ0v) is 12.9. The van der Waals surface area contributed by atoms with Crippen LogP contribution in [0.1, 0.15) is 18.5 Å². The van der Waals surface area contributed by atoms with E-state index in [1.165, 1.54) is 12.1 Å². The number of hydrogen-bond acceptors (Lipinski definition) is 4. The van der Waals surface area contributed by atoms with Crippen LogP contribution in [0.2, 0.25) is 5.02 Å². The first-order valence-electron chi connectivity index (χ1n) is 6.21. The van der Waals surface area contributed by atoms with Gasteiger partial charge in [-0.3, -0.25) is 0 Å². The summed E-state index contributed by atoms with van der Waals surface area (Å²) in [4.78, 5) is -0.0247. The van der Waals surface area contributed by atoms with Crippen molar-refractivity contribution >= 4 is 33.0 Å². The topological polar surface area (TPSA) is 98.2 Å².